The SMILES string of the molecule is Cc1nn(-c2ccccc2)c(C)c1NC(=O)Nc1cccc2[nH]ccc12. The fourth-order valence-electron chi connectivity index (χ4n) is 3.11. The van der Waals surface area contributed by atoms with Crippen LogP contribution < -0.4 is 10.6 Å². The van der Waals surface area contributed by atoms with E-state index in [2.05, 4.69) is 20.7 Å². The van der Waals surface area contributed by atoms with Gasteiger partial charge in [-0.3, -0.25) is 0 Å². The molecule has 2 amide bonds. The Bertz CT molecular complexity index is 1080. The second-order valence-electron chi connectivity index (χ2n) is 6.12. The van der Waals surface area contributed by atoms with Gasteiger partial charge in [0.1, 0.15) is 0 Å². The average molecular weight is 345 g/mol. The third-order valence-electron chi connectivity index (χ3n) is 4.37. The number of H-pyrrole nitrogens is 1. The number of nitrogens with one attached hydrogen (secondary N) is 3. The van der Waals surface area contributed by atoms with Crippen LogP contribution in [0.2, 0.25) is 0 Å². The van der Waals surface area contributed by atoms with Crippen LogP contribution in [0.4, 0.5) is 16.2 Å². The molecule has 6 nitrogen and oxygen atoms in total. The van der Waals surface area contributed by atoms with Crippen molar-refractivity contribution in [3.63, 3.8) is 0 Å². The lowest BCUT2D eigenvalue weighted by atomic mass is 10.2. The number of aromatic amines is 1. The summed E-state index contributed by atoms with van der Waals surface area (Å²) in [5, 5.41) is 11.4. The van der Waals surface area contributed by atoms with Crippen molar-refractivity contribution in [3.05, 3.63) is 72.2 Å². The number of para-hydroxylation sites is 1. The number of fused-ring (bicyclic) bond motifs is 1. The number of aromatic nitrogens is 3. The number of amides is 2. The van der Waals surface area contributed by atoms with Crippen molar-refractivity contribution in [1.82, 2.24) is 14.8 Å². The topological polar surface area (TPSA) is 74.7 Å². The summed E-state index contributed by atoms with van der Waals surface area (Å²) < 4.78 is 1.83. The Hall–Kier alpha value is -3.54. The first-order valence-electron chi connectivity index (χ1n) is 8.39. The van der Waals surface area contributed by atoms with Crippen LogP contribution in [0.3, 0.4) is 0 Å². The minimum atomic E-state index is -0.294. The van der Waals surface area contributed by atoms with Gasteiger partial charge in [0.2, 0.25) is 0 Å². The van der Waals surface area contributed by atoms with Crippen molar-refractivity contribution in [3.8, 4) is 5.69 Å². The van der Waals surface area contributed by atoms with E-state index in [9.17, 15) is 4.79 Å². The van der Waals surface area contributed by atoms with Gasteiger partial charge < -0.3 is 15.6 Å². The molecule has 0 saturated carbocycles. The van der Waals surface area contributed by atoms with Crippen LogP contribution >= 0.6 is 0 Å². The van der Waals surface area contributed by atoms with E-state index in [0.717, 1.165) is 33.7 Å². The zero-order valence-electron chi connectivity index (χ0n) is 14.6. The molecule has 6 heteroatoms. The summed E-state index contributed by atoms with van der Waals surface area (Å²) in [6.45, 7) is 3.82. The predicted octanol–water partition coefficient (Wildman–Crippen LogP) is 4.61. The highest BCUT2D eigenvalue weighted by Gasteiger charge is 2.15. The lowest BCUT2D eigenvalue weighted by Crippen LogP contribution is -2.20. The molecule has 2 aromatic heterocycles. The molecule has 0 aliphatic carbocycles. The van der Waals surface area contributed by atoms with Gasteiger partial charge in [-0.15, -0.1) is 0 Å². The zero-order chi connectivity index (χ0) is 18.1. The molecule has 0 bridgehead atoms. The number of anilines is 2. The van der Waals surface area contributed by atoms with Gasteiger partial charge in [0, 0.05) is 17.1 Å². The van der Waals surface area contributed by atoms with E-state index < -0.39 is 0 Å². The Kier molecular flexibility index (Phi) is 3.93. The molecule has 4 rings (SSSR count). The van der Waals surface area contributed by atoms with E-state index in [1.54, 1.807) is 0 Å². The quantitative estimate of drug-likeness (QED) is 0.507. The number of urea groups is 1. The van der Waals surface area contributed by atoms with E-state index in [1.165, 1.54) is 0 Å². The second-order valence-corrected chi connectivity index (χ2v) is 6.12. The van der Waals surface area contributed by atoms with E-state index in [0.29, 0.717) is 5.69 Å². The molecule has 0 saturated heterocycles. The maximum Gasteiger partial charge on any atom is 0.323 e. The van der Waals surface area contributed by atoms with Crippen molar-refractivity contribution in [2.75, 3.05) is 10.6 Å². The van der Waals surface area contributed by atoms with Crippen LogP contribution in [0, 0.1) is 13.8 Å². The Morgan fingerprint density at radius 3 is 2.62 bits per heavy atom. The van der Waals surface area contributed by atoms with Gasteiger partial charge in [-0.05, 0) is 44.2 Å². The molecular weight excluding hydrogens is 326 g/mol. The first-order chi connectivity index (χ1) is 12.6. The first-order valence-corrected chi connectivity index (χ1v) is 8.39. The van der Waals surface area contributed by atoms with E-state index >= 15 is 0 Å². The van der Waals surface area contributed by atoms with Crippen LogP contribution in [-0.4, -0.2) is 20.8 Å². The standard InChI is InChI=1S/C20H19N5O/c1-13-19(14(2)25(24-13)15-7-4-3-5-8-15)23-20(26)22-18-10-6-9-17-16(18)11-12-21-17/h3-12,21H,1-2H3,(H2,22,23,26). The van der Waals surface area contributed by atoms with Crippen LogP contribution in [0.25, 0.3) is 16.6 Å². The maximum atomic E-state index is 12.5. The summed E-state index contributed by atoms with van der Waals surface area (Å²) in [6, 6.07) is 17.2. The van der Waals surface area contributed by atoms with E-state index in [1.807, 2.05) is 79.3 Å². The number of nitrogens with zero attached hydrogens (tertiary/aromatic N) is 2. The number of hydrogen-bond acceptors (Lipinski definition) is 2. The lowest BCUT2D eigenvalue weighted by molar-refractivity contribution is 0.262. The number of aryl methyl sites for hydroxylation is 1. The number of rotatable bonds is 3. The molecule has 2 aromatic carbocycles. The van der Waals surface area contributed by atoms with Crippen molar-refractivity contribution >= 4 is 28.3 Å². The summed E-state index contributed by atoms with van der Waals surface area (Å²) in [6.07, 6.45) is 1.85. The molecule has 0 fully saturated rings. The molecule has 130 valence electrons. The van der Waals surface area contributed by atoms with Crippen molar-refractivity contribution < 1.29 is 4.79 Å². The predicted molar refractivity (Wildman–Crippen MR) is 104 cm³/mol. The molecule has 0 aliphatic rings. The molecule has 0 atom stereocenters. The zero-order valence-corrected chi connectivity index (χ0v) is 14.6. The fourth-order valence-corrected chi connectivity index (χ4v) is 3.11. The van der Waals surface area contributed by atoms with Crippen molar-refractivity contribution in [2.24, 2.45) is 0 Å². The molecule has 0 aliphatic heterocycles. The molecule has 26 heavy (non-hydrogen) atoms. The minimum absolute atomic E-state index is 0.294. The number of carbonyl (C=O) groups excluding carboxylic acids is 1. The molecule has 0 radical (unpaired) electrons. The lowest BCUT2D eigenvalue weighted by Gasteiger charge is -2.09. The van der Waals surface area contributed by atoms with Gasteiger partial charge in [0.25, 0.3) is 0 Å². The largest absolute Gasteiger partial charge is 0.361 e. The Labute approximate surface area is 150 Å². The highest BCUT2D eigenvalue weighted by atomic mass is 16.2. The van der Waals surface area contributed by atoms with Crippen LogP contribution in [-0.2, 0) is 0 Å². The van der Waals surface area contributed by atoms with Crippen LogP contribution in [0.5, 0.6) is 0 Å². The molecule has 2 heterocycles. The third kappa shape index (κ3) is 2.82. The highest BCUT2D eigenvalue weighted by molar-refractivity contribution is 6.06. The van der Waals surface area contributed by atoms with Crippen molar-refractivity contribution in [2.45, 2.75) is 13.8 Å². The summed E-state index contributed by atoms with van der Waals surface area (Å²) in [4.78, 5) is 15.7. The molecular formula is C20H19N5O. The minimum Gasteiger partial charge on any atom is -0.361 e. The number of carbonyl (C=O) groups is 1. The van der Waals surface area contributed by atoms with Gasteiger partial charge >= 0.3 is 6.03 Å². The normalized spacial score (nSPS) is 10.8. The van der Waals surface area contributed by atoms with Gasteiger partial charge in [-0.25, -0.2) is 9.48 Å². The van der Waals surface area contributed by atoms with Gasteiger partial charge in [0.15, 0.2) is 0 Å². The van der Waals surface area contributed by atoms with Crippen LogP contribution in [0.1, 0.15) is 11.4 Å². The van der Waals surface area contributed by atoms with Gasteiger partial charge in [-0.1, -0.05) is 24.3 Å². The molecule has 4 aromatic rings. The second kappa shape index (κ2) is 6.40. The Balaban J connectivity index is 1.59. The summed E-state index contributed by atoms with van der Waals surface area (Å²) in [5.41, 5.74) is 5.05. The first kappa shape index (κ1) is 16.0. The molecule has 0 spiro atoms. The monoisotopic (exact) mass is 345 g/mol. The third-order valence-corrected chi connectivity index (χ3v) is 4.37. The van der Waals surface area contributed by atoms with Crippen LogP contribution in [0.15, 0.2) is 60.8 Å². The smallest absolute Gasteiger partial charge is 0.323 e. The number of hydrogen-bond donors (Lipinski definition) is 3. The van der Waals surface area contributed by atoms with Crippen molar-refractivity contribution in [1.29, 1.82) is 0 Å². The molecule has 0 unspecified atom stereocenters. The fraction of sp³-hybridized carbons (Fsp3) is 0.100. The summed E-state index contributed by atoms with van der Waals surface area (Å²) in [7, 11) is 0. The molecule has 3 N–H and O–H groups in total. The van der Waals surface area contributed by atoms with Gasteiger partial charge in [-0.2, -0.15) is 5.10 Å². The van der Waals surface area contributed by atoms with E-state index in [-0.39, 0.29) is 6.03 Å². The Morgan fingerprint density at radius 1 is 1.00 bits per heavy atom. The maximum absolute atomic E-state index is 12.5. The summed E-state index contributed by atoms with van der Waals surface area (Å²) >= 11 is 0. The average Bonchev–Trinajstić information content (AvgIpc) is 3.23. The Morgan fingerprint density at radius 2 is 1.81 bits per heavy atom. The number of benzene rings is 2. The highest BCUT2D eigenvalue weighted by Crippen LogP contribution is 2.25. The van der Waals surface area contributed by atoms with E-state index in [4.69, 9.17) is 0 Å². The van der Waals surface area contributed by atoms with Gasteiger partial charge in [0.05, 0.1) is 28.5 Å². The summed E-state index contributed by atoms with van der Waals surface area (Å²) in [5.74, 6) is 0.